The molecule has 0 fully saturated rings. The predicted molar refractivity (Wildman–Crippen MR) is 244 cm³/mol. The fraction of sp³-hybridized carbons (Fsp3) is 0.958. The highest BCUT2D eigenvalue weighted by molar-refractivity contribution is 5.76. The minimum absolute atomic E-state index is 1.20. The van der Waals surface area contributed by atoms with Crippen LogP contribution in [-0.4, -0.2) is 119 Å². The number of rotatable bonds is 37. The van der Waals surface area contributed by atoms with Crippen molar-refractivity contribution in [2.75, 3.05) is 78.5 Å². The van der Waals surface area contributed by atoms with Crippen LogP contribution >= 0.6 is 0 Å². The van der Waals surface area contributed by atoms with E-state index in [-0.39, 0.29) is 0 Å². The zero-order valence-corrected chi connectivity index (χ0v) is 39.1. The lowest BCUT2D eigenvalue weighted by molar-refractivity contribution is -0.541. The van der Waals surface area contributed by atoms with Crippen molar-refractivity contribution in [3.63, 3.8) is 0 Å². The first kappa shape index (κ1) is 52.5. The summed E-state index contributed by atoms with van der Waals surface area (Å²) in [4.78, 5) is 11.3. The van der Waals surface area contributed by atoms with Gasteiger partial charge in [0, 0.05) is 0 Å². The summed E-state index contributed by atoms with van der Waals surface area (Å²) in [5.41, 5.74) is 0. The van der Waals surface area contributed by atoms with Crippen LogP contribution in [0, 0.1) is 0 Å². The summed E-state index contributed by atoms with van der Waals surface area (Å²) in [6.07, 6.45) is 30.9. The van der Waals surface area contributed by atoms with Gasteiger partial charge < -0.3 is 0 Å². The zero-order chi connectivity index (χ0) is 40.1. The molecule has 0 unspecified atom stereocenters. The van der Waals surface area contributed by atoms with Crippen molar-refractivity contribution < 1.29 is 9.15 Å². The van der Waals surface area contributed by atoms with Crippen LogP contribution in [0.15, 0.2) is 0 Å². The van der Waals surface area contributed by atoms with Gasteiger partial charge in [0.15, 0.2) is 0 Å². The van der Waals surface area contributed by atoms with E-state index in [1.54, 1.807) is 11.9 Å². The molecule has 0 N–H and O–H groups in total. The highest BCUT2D eigenvalue weighted by Gasteiger charge is 2.30. The average molecular weight is 763 g/mol. The van der Waals surface area contributed by atoms with Gasteiger partial charge in [0.2, 0.25) is 0 Å². The Hall–Kier alpha value is -1.46. The maximum atomic E-state index is 2.87. The Morgan fingerprint density at radius 1 is 0.241 bits per heavy atom. The van der Waals surface area contributed by atoms with Crippen molar-refractivity contribution in [3.8, 4) is 0 Å². The van der Waals surface area contributed by atoms with E-state index in [0.717, 1.165) is 0 Å². The molecule has 0 saturated carbocycles. The molecule has 0 amide bonds. The minimum Gasteiger partial charge on any atom is -0.265 e. The molecule has 0 bridgehead atoms. The Bertz CT molecular complexity index is 723. The minimum atomic E-state index is 1.20. The van der Waals surface area contributed by atoms with Crippen molar-refractivity contribution in [1.82, 2.24) is 19.6 Å². The Morgan fingerprint density at radius 2 is 0.426 bits per heavy atom. The second-order valence-electron chi connectivity index (χ2n) is 16.5. The predicted octanol–water partition coefficient (Wildman–Crippen LogP) is 12.5. The molecule has 0 radical (unpaired) electrons. The lowest BCUT2D eigenvalue weighted by Gasteiger charge is -2.31. The summed E-state index contributed by atoms with van der Waals surface area (Å²) in [5.74, 6) is 3.19. The maximum absolute atomic E-state index is 2.87. The first-order valence-corrected chi connectivity index (χ1v) is 24.7. The molecule has 0 aromatic carbocycles. The van der Waals surface area contributed by atoms with Crippen LogP contribution in [0.5, 0.6) is 0 Å². The first-order chi connectivity index (χ1) is 26.5. The summed E-state index contributed by atoms with van der Waals surface area (Å²) >= 11 is 0. The van der Waals surface area contributed by atoms with Crippen molar-refractivity contribution in [1.29, 1.82) is 0 Å². The SMILES string of the molecule is CCCCN(CCCC)C(N(CCCC)CCCC)=[N+](CCCC)CCCCCC[N+](CCCC)=C(N(CCCC)CCCC)N(CCCC)CCCC. The van der Waals surface area contributed by atoms with Gasteiger partial charge in [0.1, 0.15) is 0 Å². The smallest absolute Gasteiger partial charge is 0.265 e. The third-order valence-corrected chi connectivity index (χ3v) is 11.1. The van der Waals surface area contributed by atoms with Crippen LogP contribution < -0.4 is 0 Å². The Morgan fingerprint density at radius 3 is 0.611 bits per heavy atom. The molecule has 0 spiro atoms. The third-order valence-electron chi connectivity index (χ3n) is 11.1. The monoisotopic (exact) mass is 763 g/mol. The molecule has 0 aliphatic heterocycles. The number of guanidine groups is 2. The molecule has 0 rings (SSSR count). The number of hydrogen-bond donors (Lipinski definition) is 0. The second kappa shape index (κ2) is 38.4. The fourth-order valence-electron chi connectivity index (χ4n) is 7.52. The van der Waals surface area contributed by atoms with Crippen LogP contribution in [0.1, 0.15) is 223 Å². The van der Waals surface area contributed by atoms with E-state index >= 15 is 0 Å². The van der Waals surface area contributed by atoms with Crippen molar-refractivity contribution in [2.45, 2.75) is 223 Å². The van der Waals surface area contributed by atoms with Gasteiger partial charge in [-0.1, -0.05) is 146 Å². The van der Waals surface area contributed by atoms with E-state index in [4.69, 9.17) is 0 Å². The van der Waals surface area contributed by atoms with Crippen LogP contribution in [-0.2, 0) is 0 Å². The molecular formula is C48H102N6+2. The fourth-order valence-corrected chi connectivity index (χ4v) is 7.52. The Kier molecular flexibility index (Phi) is 37.4. The van der Waals surface area contributed by atoms with Crippen LogP contribution in [0.4, 0.5) is 0 Å². The number of hydrogen-bond acceptors (Lipinski definition) is 0. The highest BCUT2D eigenvalue weighted by atomic mass is 15.4. The lowest BCUT2D eigenvalue weighted by atomic mass is 10.1. The van der Waals surface area contributed by atoms with Gasteiger partial charge in [0.25, 0.3) is 0 Å². The lowest BCUT2D eigenvalue weighted by Crippen LogP contribution is -2.51. The second-order valence-corrected chi connectivity index (χ2v) is 16.5. The van der Waals surface area contributed by atoms with Gasteiger partial charge >= 0.3 is 11.9 Å². The van der Waals surface area contributed by atoms with E-state index < -0.39 is 0 Å². The molecule has 0 heterocycles. The molecule has 0 aliphatic carbocycles. The van der Waals surface area contributed by atoms with Gasteiger partial charge in [-0.15, -0.1) is 0 Å². The highest BCUT2D eigenvalue weighted by Crippen LogP contribution is 2.14. The van der Waals surface area contributed by atoms with Crippen molar-refractivity contribution in [3.05, 3.63) is 0 Å². The standard InChI is InChI=1S/C48H102N6/c1-11-21-35-49(36-22-12-2)47(50(37-23-13-3)38-24-14-4)53(43-29-19-9)45-33-31-32-34-46-54(44-30-20-10)48(51(39-25-15-5)40-26-16-6)52(41-27-17-7)42-28-18-8/h11-46H2,1-10H3/q+2. The summed E-state index contributed by atoms with van der Waals surface area (Å²) in [6, 6.07) is 0. The Balaban J connectivity index is 6.52. The molecule has 0 aliphatic rings. The molecular weight excluding hydrogens is 661 g/mol. The van der Waals surface area contributed by atoms with Crippen LogP contribution in [0.25, 0.3) is 0 Å². The molecule has 0 aromatic heterocycles. The van der Waals surface area contributed by atoms with E-state index in [0.29, 0.717) is 0 Å². The summed E-state index contributed by atoms with van der Waals surface area (Å²) in [6.45, 7) is 38.1. The normalized spacial score (nSPS) is 11.2. The van der Waals surface area contributed by atoms with Crippen LogP contribution in [0.2, 0.25) is 0 Å². The topological polar surface area (TPSA) is 19.0 Å². The quantitative estimate of drug-likeness (QED) is 0.0271. The van der Waals surface area contributed by atoms with E-state index in [1.165, 1.54) is 233 Å². The number of unbranched alkanes of at least 4 members (excludes halogenated alkanes) is 13. The van der Waals surface area contributed by atoms with E-state index in [1.807, 2.05) is 0 Å². The van der Waals surface area contributed by atoms with E-state index in [2.05, 4.69) is 98.0 Å². The molecule has 0 saturated heterocycles. The van der Waals surface area contributed by atoms with Crippen molar-refractivity contribution in [2.24, 2.45) is 0 Å². The van der Waals surface area contributed by atoms with Gasteiger partial charge in [0.05, 0.1) is 78.5 Å². The molecule has 6 nitrogen and oxygen atoms in total. The molecule has 0 aromatic rings. The van der Waals surface area contributed by atoms with Gasteiger partial charge in [-0.25, -0.2) is 0 Å². The molecule has 54 heavy (non-hydrogen) atoms. The molecule has 322 valence electrons. The van der Waals surface area contributed by atoms with Gasteiger partial charge in [-0.3, -0.25) is 28.8 Å². The molecule has 0 atom stereocenters. The summed E-state index contributed by atoms with van der Waals surface area (Å²) in [7, 11) is 0. The average Bonchev–Trinajstić information content (AvgIpc) is 3.19. The maximum Gasteiger partial charge on any atom is 0.350 e. The largest absolute Gasteiger partial charge is 0.350 e. The van der Waals surface area contributed by atoms with E-state index in [9.17, 15) is 0 Å². The molecule has 6 heteroatoms. The first-order valence-electron chi connectivity index (χ1n) is 24.7. The summed E-state index contributed by atoms with van der Waals surface area (Å²) in [5, 5.41) is 0. The van der Waals surface area contributed by atoms with Gasteiger partial charge in [-0.2, -0.15) is 0 Å². The zero-order valence-electron chi connectivity index (χ0n) is 39.1. The van der Waals surface area contributed by atoms with Gasteiger partial charge in [-0.05, 0) is 77.0 Å². The van der Waals surface area contributed by atoms with Crippen molar-refractivity contribution >= 4 is 11.9 Å². The summed E-state index contributed by atoms with van der Waals surface area (Å²) < 4.78 is 5.75. The van der Waals surface area contributed by atoms with Crippen LogP contribution in [0.3, 0.4) is 0 Å². The third kappa shape index (κ3) is 24.2. The Labute approximate surface area is 341 Å². The number of nitrogens with zero attached hydrogens (tertiary/aromatic N) is 6.